The molecule has 3 rings (SSSR count). The quantitative estimate of drug-likeness (QED) is 0.793. The maximum absolute atomic E-state index is 11.7. The molecule has 0 fully saturated rings. The molecule has 20 heavy (non-hydrogen) atoms. The van der Waals surface area contributed by atoms with E-state index in [0.717, 1.165) is 17.0 Å². The highest BCUT2D eigenvalue weighted by Crippen LogP contribution is 2.36. The first-order chi connectivity index (χ1) is 9.56. The third-order valence-electron chi connectivity index (χ3n) is 3.74. The van der Waals surface area contributed by atoms with Gasteiger partial charge >= 0.3 is 0 Å². The van der Waals surface area contributed by atoms with E-state index >= 15 is 0 Å². The number of likely N-dealkylation sites (N-methyl/N-ethyl adjacent to an activating group) is 1. The third-order valence-corrected chi connectivity index (χ3v) is 3.74. The van der Waals surface area contributed by atoms with Gasteiger partial charge in [0.15, 0.2) is 6.61 Å². The fourth-order valence-corrected chi connectivity index (χ4v) is 2.58. The molecule has 0 N–H and O–H groups in total. The second kappa shape index (κ2) is 4.67. The predicted octanol–water partition coefficient (Wildman–Crippen LogP) is 3.33. The molecular formula is C17H17NO2. The Bertz CT molecular complexity index is 691. The van der Waals surface area contributed by atoms with Gasteiger partial charge in [0.2, 0.25) is 0 Å². The Morgan fingerprint density at radius 2 is 1.90 bits per heavy atom. The van der Waals surface area contributed by atoms with Crippen molar-refractivity contribution in [1.29, 1.82) is 0 Å². The topological polar surface area (TPSA) is 29.5 Å². The number of carbonyl (C=O) groups excluding carboxylic acids is 1. The number of aryl methyl sites for hydroxylation is 2. The van der Waals surface area contributed by atoms with Crippen molar-refractivity contribution in [3.8, 4) is 16.9 Å². The van der Waals surface area contributed by atoms with Crippen molar-refractivity contribution >= 4 is 11.6 Å². The van der Waals surface area contributed by atoms with Crippen molar-refractivity contribution in [3.63, 3.8) is 0 Å². The summed E-state index contributed by atoms with van der Waals surface area (Å²) in [6, 6.07) is 12.4. The summed E-state index contributed by atoms with van der Waals surface area (Å²) < 4.78 is 5.46. The normalized spacial score (nSPS) is 13.9. The molecule has 0 aromatic heterocycles. The van der Waals surface area contributed by atoms with E-state index in [1.807, 2.05) is 18.2 Å². The molecule has 0 atom stereocenters. The van der Waals surface area contributed by atoms with Gasteiger partial charge in [-0.1, -0.05) is 29.8 Å². The number of anilines is 1. The lowest BCUT2D eigenvalue weighted by Gasteiger charge is -2.26. The number of ether oxygens (including phenoxy) is 1. The standard InChI is InChI=1S/C17H17NO2/c1-11-4-6-14(12(2)8-11)13-5-7-16-15(9-13)18(3)17(19)10-20-16/h4-9H,10H2,1-3H3. The molecule has 1 aliphatic heterocycles. The van der Waals surface area contributed by atoms with Crippen LogP contribution in [0.4, 0.5) is 5.69 Å². The summed E-state index contributed by atoms with van der Waals surface area (Å²) in [5, 5.41) is 0. The van der Waals surface area contributed by atoms with E-state index in [1.54, 1.807) is 11.9 Å². The van der Waals surface area contributed by atoms with Gasteiger partial charge in [0.25, 0.3) is 5.91 Å². The van der Waals surface area contributed by atoms with E-state index in [4.69, 9.17) is 4.74 Å². The number of carbonyl (C=O) groups is 1. The highest BCUT2D eigenvalue weighted by Gasteiger charge is 2.22. The number of hydrogen-bond donors (Lipinski definition) is 0. The summed E-state index contributed by atoms with van der Waals surface area (Å²) >= 11 is 0. The van der Waals surface area contributed by atoms with Crippen LogP contribution in [-0.2, 0) is 4.79 Å². The van der Waals surface area contributed by atoms with Gasteiger partial charge in [-0.2, -0.15) is 0 Å². The molecule has 1 heterocycles. The second-order valence-corrected chi connectivity index (χ2v) is 5.24. The lowest BCUT2D eigenvalue weighted by atomic mass is 9.98. The molecule has 2 aromatic rings. The van der Waals surface area contributed by atoms with E-state index in [2.05, 4.69) is 32.0 Å². The molecule has 0 saturated heterocycles. The highest BCUT2D eigenvalue weighted by molar-refractivity contribution is 5.98. The van der Waals surface area contributed by atoms with Crippen molar-refractivity contribution < 1.29 is 9.53 Å². The summed E-state index contributed by atoms with van der Waals surface area (Å²) in [5.41, 5.74) is 5.60. The monoisotopic (exact) mass is 267 g/mol. The zero-order chi connectivity index (χ0) is 14.3. The Hall–Kier alpha value is -2.29. The molecule has 0 spiro atoms. The molecule has 0 bridgehead atoms. The maximum Gasteiger partial charge on any atom is 0.264 e. The molecule has 102 valence electrons. The Morgan fingerprint density at radius 1 is 1.10 bits per heavy atom. The summed E-state index contributed by atoms with van der Waals surface area (Å²) in [7, 11) is 1.79. The van der Waals surface area contributed by atoms with E-state index in [9.17, 15) is 4.79 Å². The van der Waals surface area contributed by atoms with E-state index < -0.39 is 0 Å². The Kier molecular flexibility index (Phi) is 2.97. The molecule has 0 saturated carbocycles. The summed E-state index contributed by atoms with van der Waals surface area (Å²) in [5.74, 6) is 0.746. The number of amides is 1. The zero-order valence-corrected chi connectivity index (χ0v) is 11.9. The van der Waals surface area contributed by atoms with Gasteiger partial charge in [-0.25, -0.2) is 0 Å². The average Bonchev–Trinajstić information content (AvgIpc) is 2.43. The fraction of sp³-hybridized carbons (Fsp3) is 0.235. The highest BCUT2D eigenvalue weighted by atomic mass is 16.5. The van der Waals surface area contributed by atoms with Gasteiger partial charge < -0.3 is 9.64 Å². The number of rotatable bonds is 1. The average molecular weight is 267 g/mol. The van der Waals surface area contributed by atoms with Gasteiger partial charge in [0.1, 0.15) is 5.75 Å². The summed E-state index contributed by atoms with van der Waals surface area (Å²) in [6.07, 6.45) is 0. The molecule has 3 nitrogen and oxygen atoms in total. The van der Waals surface area contributed by atoms with Crippen molar-refractivity contribution in [1.82, 2.24) is 0 Å². The molecule has 1 amide bonds. The lowest BCUT2D eigenvalue weighted by molar-refractivity contribution is -0.120. The Morgan fingerprint density at radius 3 is 2.65 bits per heavy atom. The van der Waals surface area contributed by atoms with Gasteiger partial charge in [0, 0.05) is 7.05 Å². The molecular weight excluding hydrogens is 250 g/mol. The number of fused-ring (bicyclic) bond motifs is 1. The molecule has 0 radical (unpaired) electrons. The summed E-state index contributed by atoms with van der Waals surface area (Å²) in [6.45, 7) is 4.31. The minimum Gasteiger partial charge on any atom is -0.482 e. The predicted molar refractivity (Wildman–Crippen MR) is 80.3 cm³/mol. The van der Waals surface area contributed by atoms with Crippen molar-refractivity contribution in [2.75, 3.05) is 18.6 Å². The van der Waals surface area contributed by atoms with Crippen LogP contribution < -0.4 is 9.64 Å². The fourth-order valence-electron chi connectivity index (χ4n) is 2.58. The van der Waals surface area contributed by atoms with Crippen LogP contribution in [0.1, 0.15) is 11.1 Å². The van der Waals surface area contributed by atoms with Crippen LogP contribution in [0.3, 0.4) is 0 Å². The van der Waals surface area contributed by atoms with Crippen LogP contribution in [0.5, 0.6) is 5.75 Å². The first-order valence-electron chi connectivity index (χ1n) is 6.67. The zero-order valence-electron chi connectivity index (χ0n) is 11.9. The third kappa shape index (κ3) is 2.05. The first-order valence-corrected chi connectivity index (χ1v) is 6.67. The maximum atomic E-state index is 11.7. The van der Waals surface area contributed by atoms with Gasteiger partial charge in [0.05, 0.1) is 5.69 Å². The molecule has 2 aromatic carbocycles. The molecule has 3 heteroatoms. The SMILES string of the molecule is Cc1ccc(-c2ccc3c(c2)N(C)C(=O)CO3)c(C)c1. The molecule has 0 aliphatic carbocycles. The van der Waals surface area contributed by atoms with Crippen molar-refractivity contribution in [3.05, 3.63) is 47.5 Å². The number of hydrogen-bond acceptors (Lipinski definition) is 2. The minimum absolute atomic E-state index is 0.0183. The lowest BCUT2D eigenvalue weighted by Crippen LogP contribution is -2.35. The van der Waals surface area contributed by atoms with E-state index in [0.29, 0.717) is 0 Å². The van der Waals surface area contributed by atoms with Crippen molar-refractivity contribution in [2.45, 2.75) is 13.8 Å². The first kappa shape index (κ1) is 12.7. The van der Waals surface area contributed by atoms with Gasteiger partial charge in [-0.3, -0.25) is 4.79 Å². The van der Waals surface area contributed by atoms with E-state index in [1.165, 1.54) is 16.7 Å². The number of benzene rings is 2. The minimum atomic E-state index is -0.0183. The van der Waals surface area contributed by atoms with E-state index in [-0.39, 0.29) is 12.5 Å². The molecule has 0 unspecified atom stereocenters. The second-order valence-electron chi connectivity index (χ2n) is 5.24. The Balaban J connectivity index is 2.10. The van der Waals surface area contributed by atoms with Crippen LogP contribution in [0, 0.1) is 13.8 Å². The van der Waals surface area contributed by atoms with Crippen LogP contribution in [0.15, 0.2) is 36.4 Å². The largest absolute Gasteiger partial charge is 0.482 e. The van der Waals surface area contributed by atoms with Crippen molar-refractivity contribution in [2.24, 2.45) is 0 Å². The molecule has 1 aliphatic rings. The number of nitrogens with zero attached hydrogens (tertiary/aromatic N) is 1. The van der Waals surface area contributed by atoms with Crippen LogP contribution in [0.25, 0.3) is 11.1 Å². The van der Waals surface area contributed by atoms with Gasteiger partial charge in [-0.05, 0) is 42.7 Å². The van der Waals surface area contributed by atoms with Crippen LogP contribution in [-0.4, -0.2) is 19.6 Å². The van der Waals surface area contributed by atoms with Crippen LogP contribution in [0.2, 0.25) is 0 Å². The van der Waals surface area contributed by atoms with Gasteiger partial charge in [-0.15, -0.1) is 0 Å². The summed E-state index contributed by atoms with van der Waals surface area (Å²) in [4.78, 5) is 13.4. The Labute approximate surface area is 118 Å². The smallest absolute Gasteiger partial charge is 0.264 e. The van der Waals surface area contributed by atoms with Crippen LogP contribution >= 0.6 is 0 Å².